The molecule has 5 heteroatoms. The molecule has 1 heterocycles. The second kappa shape index (κ2) is 8.13. The maximum absolute atomic E-state index is 12.1. The molecule has 28 heavy (non-hydrogen) atoms. The second-order valence-corrected chi connectivity index (χ2v) is 7.02. The van der Waals surface area contributed by atoms with Gasteiger partial charge in [0.15, 0.2) is 0 Å². The summed E-state index contributed by atoms with van der Waals surface area (Å²) >= 11 is 0. The van der Waals surface area contributed by atoms with Gasteiger partial charge in [-0.2, -0.15) is 5.10 Å². The smallest absolute Gasteiger partial charge is 0.318 e. The maximum atomic E-state index is 12.1. The van der Waals surface area contributed by atoms with E-state index in [-0.39, 0.29) is 6.03 Å². The molecule has 0 saturated heterocycles. The van der Waals surface area contributed by atoms with Gasteiger partial charge in [-0.1, -0.05) is 30.3 Å². The number of carbonyl (C=O) groups excluding carboxylic acids is 1. The number of amides is 2. The molecule has 0 aliphatic carbocycles. The number of para-hydroxylation sites is 1. The summed E-state index contributed by atoms with van der Waals surface area (Å²) in [6, 6.07) is 15.6. The number of nitrogens with one attached hydrogen (secondary N) is 2. The van der Waals surface area contributed by atoms with E-state index in [1.165, 1.54) is 16.8 Å². The van der Waals surface area contributed by atoms with Gasteiger partial charge in [-0.25, -0.2) is 10.2 Å². The molecular weight excluding hydrogens is 348 g/mol. The Labute approximate surface area is 166 Å². The van der Waals surface area contributed by atoms with Crippen molar-refractivity contribution in [2.75, 3.05) is 5.32 Å². The predicted octanol–water partition coefficient (Wildman–Crippen LogP) is 5.18. The Morgan fingerprint density at radius 3 is 2.43 bits per heavy atom. The first-order chi connectivity index (χ1) is 13.4. The van der Waals surface area contributed by atoms with Gasteiger partial charge in [-0.15, -0.1) is 0 Å². The summed E-state index contributed by atoms with van der Waals surface area (Å²) in [5.74, 6) is 0. The fourth-order valence-corrected chi connectivity index (χ4v) is 3.29. The third kappa shape index (κ3) is 3.98. The van der Waals surface area contributed by atoms with E-state index in [0.717, 1.165) is 28.2 Å². The quantitative estimate of drug-likeness (QED) is 0.480. The van der Waals surface area contributed by atoms with Crippen LogP contribution in [0, 0.1) is 34.6 Å². The summed E-state index contributed by atoms with van der Waals surface area (Å²) in [5.41, 5.74) is 11.1. The van der Waals surface area contributed by atoms with Crippen LogP contribution in [0.3, 0.4) is 0 Å². The van der Waals surface area contributed by atoms with E-state index in [9.17, 15) is 4.79 Å². The number of nitrogens with zero attached hydrogens (tertiary/aromatic N) is 2. The maximum Gasteiger partial charge on any atom is 0.339 e. The van der Waals surface area contributed by atoms with Crippen LogP contribution in [0.25, 0.3) is 5.69 Å². The number of aromatic nitrogens is 1. The van der Waals surface area contributed by atoms with E-state index in [4.69, 9.17) is 0 Å². The Balaban J connectivity index is 1.76. The van der Waals surface area contributed by atoms with Gasteiger partial charge < -0.3 is 9.88 Å². The van der Waals surface area contributed by atoms with E-state index >= 15 is 0 Å². The topological polar surface area (TPSA) is 58.4 Å². The van der Waals surface area contributed by atoms with Crippen molar-refractivity contribution in [2.24, 2.45) is 5.10 Å². The first kappa shape index (κ1) is 19.4. The van der Waals surface area contributed by atoms with Crippen molar-refractivity contribution in [3.63, 3.8) is 0 Å². The number of hydrogen-bond donors (Lipinski definition) is 2. The molecule has 2 amide bonds. The number of carbonyl (C=O) groups is 1. The number of benzene rings is 2. The SMILES string of the molecule is Cc1ccccc1NC(=O)NN=Cc1cc(C)n(-c2cccc(C)c2C)c1C. The fourth-order valence-electron chi connectivity index (χ4n) is 3.29. The summed E-state index contributed by atoms with van der Waals surface area (Å²) in [6.07, 6.45) is 1.68. The minimum Gasteiger partial charge on any atom is -0.318 e. The van der Waals surface area contributed by atoms with Crippen LogP contribution >= 0.6 is 0 Å². The normalized spacial score (nSPS) is 11.0. The summed E-state index contributed by atoms with van der Waals surface area (Å²) in [5, 5.41) is 6.91. The Hall–Kier alpha value is -3.34. The number of urea groups is 1. The van der Waals surface area contributed by atoms with Gasteiger partial charge in [-0.05, 0) is 69.5 Å². The van der Waals surface area contributed by atoms with Gasteiger partial charge >= 0.3 is 6.03 Å². The van der Waals surface area contributed by atoms with Crippen molar-refractivity contribution in [1.82, 2.24) is 9.99 Å². The molecule has 0 fully saturated rings. The van der Waals surface area contributed by atoms with E-state index in [2.05, 4.69) is 72.4 Å². The average Bonchev–Trinajstić information content (AvgIpc) is 2.93. The van der Waals surface area contributed by atoms with Gasteiger partial charge in [0.05, 0.1) is 6.21 Å². The molecule has 2 N–H and O–H groups in total. The van der Waals surface area contributed by atoms with Crippen molar-refractivity contribution in [1.29, 1.82) is 0 Å². The van der Waals surface area contributed by atoms with Gasteiger partial charge in [0, 0.05) is 28.3 Å². The van der Waals surface area contributed by atoms with Crippen LogP contribution in [-0.4, -0.2) is 16.8 Å². The molecule has 3 rings (SSSR count). The molecule has 0 unspecified atom stereocenters. The molecule has 0 saturated carbocycles. The highest BCUT2D eigenvalue weighted by molar-refractivity contribution is 5.91. The van der Waals surface area contributed by atoms with Crippen LogP contribution in [-0.2, 0) is 0 Å². The molecule has 5 nitrogen and oxygen atoms in total. The van der Waals surface area contributed by atoms with Crippen molar-refractivity contribution in [2.45, 2.75) is 34.6 Å². The summed E-state index contributed by atoms with van der Waals surface area (Å²) < 4.78 is 2.22. The molecule has 0 bridgehead atoms. The molecule has 1 aromatic heterocycles. The van der Waals surface area contributed by atoms with Crippen LogP contribution in [0.15, 0.2) is 53.6 Å². The van der Waals surface area contributed by atoms with Crippen molar-refractivity contribution in [3.8, 4) is 5.69 Å². The Kier molecular flexibility index (Phi) is 5.64. The molecule has 0 radical (unpaired) electrons. The highest BCUT2D eigenvalue weighted by Gasteiger charge is 2.12. The molecule has 144 valence electrons. The zero-order chi connectivity index (χ0) is 20.3. The molecular formula is C23H26N4O. The minimum absolute atomic E-state index is 0.367. The Bertz CT molecular complexity index is 1050. The van der Waals surface area contributed by atoms with Gasteiger partial charge in [0.2, 0.25) is 0 Å². The van der Waals surface area contributed by atoms with Crippen LogP contribution in [0.2, 0.25) is 0 Å². The number of anilines is 1. The van der Waals surface area contributed by atoms with Crippen molar-refractivity contribution < 1.29 is 4.79 Å². The summed E-state index contributed by atoms with van der Waals surface area (Å²) in [7, 11) is 0. The van der Waals surface area contributed by atoms with Crippen LogP contribution in [0.4, 0.5) is 10.5 Å². The first-order valence-electron chi connectivity index (χ1n) is 9.29. The lowest BCUT2D eigenvalue weighted by Crippen LogP contribution is -2.24. The number of rotatable bonds is 4. The molecule has 0 aliphatic heterocycles. The van der Waals surface area contributed by atoms with Crippen LogP contribution in [0.1, 0.15) is 33.6 Å². The third-order valence-corrected chi connectivity index (χ3v) is 5.05. The molecule has 2 aromatic carbocycles. The standard InChI is InChI=1S/C23H26N4O/c1-15-10-8-12-22(18(15)4)27-17(3)13-20(19(27)5)14-24-26-23(28)25-21-11-7-6-9-16(21)2/h6-14H,1-5H3,(H2,25,26,28). The average molecular weight is 374 g/mol. The highest BCUT2D eigenvalue weighted by atomic mass is 16.2. The monoisotopic (exact) mass is 374 g/mol. The van der Waals surface area contributed by atoms with Crippen molar-refractivity contribution in [3.05, 3.63) is 82.2 Å². The molecule has 3 aromatic rings. The third-order valence-electron chi connectivity index (χ3n) is 5.05. The fraction of sp³-hybridized carbons (Fsp3) is 0.217. The number of hydrogen-bond acceptors (Lipinski definition) is 2. The number of hydrazone groups is 1. The predicted molar refractivity (Wildman–Crippen MR) is 116 cm³/mol. The van der Waals surface area contributed by atoms with Gasteiger partial charge in [0.1, 0.15) is 0 Å². The molecule has 0 atom stereocenters. The van der Waals surface area contributed by atoms with Crippen molar-refractivity contribution >= 4 is 17.9 Å². The summed E-state index contributed by atoms with van der Waals surface area (Å²) in [6.45, 7) is 10.3. The van der Waals surface area contributed by atoms with Gasteiger partial charge in [-0.3, -0.25) is 0 Å². The van der Waals surface area contributed by atoms with E-state index in [1.807, 2.05) is 31.2 Å². The lowest BCUT2D eigenvalue weighted by molar-refractivity contribution is 0.252. The molecule has 0 spiro atoms. The number of aryl methyl sites for hydroxylation is 3. The van der Waals surface area contributed by atoms with E-state index in [1.54, 1.807) is 6.21 Å². The second-order valence-electron chi connectivity index (χ2n) is 7.02. The van der Waals surface area contributed by atoms with Crippen LogP contribution < -0.4 is 10.7 Å². The van der Waals surface area contributed by atoms with E-state index in [0.29, 0.717) is 0 Å². The van der Waals surface area contributed by atoms with E-state index < -0.39 is 0 Å². The largest absolute Gasteiger partial charge is 0.339 e. The lowest BCUT2D eigenvalue weighted by atomic mass is 10.1. The zero-order valence-electron chi connectivity index (χ0n) is 17.0. The zero-order valence-corrected chi connectivity index (χ0v) is 17.0. The Morgan fingerprint density at radius 2 is 1.68 bits per heavy atom. The van der Waals surface area contributed by atoms with Gasteiger partial charge in [0.25, 0.3) is 0 Å². The lowest BCUT2D eigenvalue weighted by Gasteiger charge is -2.14. The molecule has 0 aliphatic rings. The highest BCUT2D eigenvalue weighted by Crippen LogP contribution is 2.24. The minimum atomic E-state index is -0.367. The Morgan fingerprint density at radius 1 is 0.964 bits per heavy atom. The van der Waals surface area contributed by atoms with Crippen LogP contribution in [0.5, 0.6) is 0 Å². The first-order valence-corrected chi connectivity index (χ1v) is 9.29. The summed E-state index contributed by atoms with van der Waals surface area (Å²) in [4.78, 5) is 12.1.